The van der Waals surface area contributed by atoms with Crippen LogP contribution < -0.4 is 0 Å². The van der Waals surface area contributed by atoms with Crippen LogP contribution in [0.4, 0.5) is 0 Å². The average Bonchev–Trinajstić information content (AvgIpc) is 2.52. The summed E-state index contributed by atoms with van der Waals surface area (Å²) >= 11 is 4.76. The molecular weight excluding hydrogens is 184 g/mol. The Hall–Kier alpha value is -1.42. The minimum Gasteiger partial charge on any atom is -0.348 e. The van der Waals surface area contributed by atoms with Gasteiger partial charge in [0.2, 0.25) is 0 Å². The summed E-state index contributed by atoms with van der Waals surface area (Å²) in [6.45, 7) is 2.03. The smallest absolute Gasteiger partial charge is 0.314 e. The van der Waals surface area contributed by atoms with Gasteiger partial charge in [-0.15, -0.1) is 0 Å². The number of aryl methyl sites for hydroxylation is 1. The van der Waals surface area contributed by atoms with Gasteiger partial charge in [-0.2, -0.15) is 4.98 Å². The monoisotopic (exact) mass is 192 g/mol. The lowest BCUT2D eigenvalue weighted by Crippen LogP contribution is -1.80. The van der Waals surface area contributed by atoms with Crippen LogP contribution in [0.3, 0.4) is 0 Å². The lowest BCUT2D eigenvalue weighted by atomic mass is 10.1. The number of H-pyrrole nitrogens is 1. The van der Waals surface area contributed by atoms with Gasteiger partial charge in [0.05, 0.1) is 0 Å². The molecule has 0 fully saturated rings. The first-order valence-electron chi connectivity index (χ1n) is 3.88. The highest BCUT2D eigenvalue weighted by atomic mass is 32.1. The molecule has 0 spiro atoms. The van der Waals surface area contributed by atoms with Crippen LogP contribution in [0.2, 0.25) is 0 Å². The van der Waals surface area contributed by atoms with E-state index in [4.69, 9.17) is 16.7 Å². The molecule has 0 atom stereocenters. The molecule has 0 bridgehead atoms. The Morgan fingerprint density at radius 1 is 1.46 bits per heavy atom. The number of nitrogens with zero attached hydrogens (tertiary/aromatic N) is 1. The molecule has 3 nitrogen and oxygen atoms in total. The summed E-state index contributed by atoms with van der Waals surface area (Å²) in [5.41, 5.74) is 2.17. The predicted octanol–water partition coefficient (Wildman–Crippen LogP) is 2.71. The van der Waals surface area contributed by atoms with Crippen molar-refractivity contribution in [3.05, 3.63) is 34.7 Å². The van der Waals surface area contributed by atoms with Gasteiger partial charge in [0.25, 0.3) is 0 Å². The zero-order valence-electron chi connectivity index (χ0n) is 7.07. The highest BCUT2D eigenvalue weighted by Crippen LogP contribution is 2.15. The molecule has 1 aromatic carbocycles. The maximum Gasteiger partial charge on any atom is 0.314 e. The number of benzene rings is 1. The van der Waals surface area contributed by atoms with Crippen molar-refractivity contribution in [1.29, 1.82) is 0 Å². The van der Waals surface area contributed by atoms with E-state index in [9.17, 15) is 0 Å². The van der Waals surface area contributed by atoms with Gasteiger partial charge in [-0.1, -0.05) is 23.8 Å². The molecule has 2 aromatic rings. The maximum atomic E-state index is 4.84. The molecule has 66 valence electrons. The first-order valence-corrected chi connectivity index (χ1v) is 4.29. The van der Waals surface area contributed by atoms with Gasteiger partial charge in [-0.05, 0) is 25.2 Å². The van der Waals surface area contributed by atoms with Crippen molar-refractivity contribution in [3.8, 4) is 11.4 Å². The largest absolute Gasteiger partial charge is 0.348 e. The van der Waals surface area contributed by atoms with E-state index in [2.05, 4.69) is 10.1 Å². The Morgan fingerprint density at radius 2 is 2.31 bits per heavy atom. The van der Waals surface area contributed by atoms with Crippen molar-refractivity contribution in [2.75, 3.05) is 0 Å². The summed E-state index contributed by atoms with van der Waals surface area (Å²) in [7, 11) is 0. The molecule has 0 amide bonds. The third-order valence-corrected chi connectivity index (χ3v) is 1.90. The summed E-state index contributed by atoms with van der Waals surface area (Å²) in [5.74, 6) is 0.675. The van der Waals surface area contributed by atoms with E-state index in [1.165, 1.54) is 5.56 Å². The van der Waals surface area contributed by atoms with Crippen LogP contribution in [0.1, 0.15) is 5.56 Å². The van der Waals surface area contributed by atoms with Gasteiger partial charge >= 0.3 is 4.84 Å². The summed E-state index contributed by atoms with van der Waals surface area (Å²) in [5, 5.41) is 2.66. The van der Waals surface area contributed by atoms with Crippen molar-refractivity contribution >= 4 is 12.2 Å². The van der Waals surface area contributed by atoms with Crippen LogP contribution in [-0.4, -0.2) is 10.1 Å². The first kappa shape index (κ1) is 8.19. The summed E-state index contributed by atoms with van der Waals surface area (Å²) in [6, 6.07) is 7.97. The van der Waals surface area contributed by atoms with Crippen molar-refractivity contribution in [3.63, 3.8) is 0 Å². The molecule has 13 heavy (non-hydrogen) atoms. The Balaban J connectivity index is 2.52. The topological polar surface area (TPSA) is 41.8 Å². The van der Waals surface area contributed by atoms with Crippen molar-refractivity contribution in [2.24, 2.45) is 0 Å². The van der Waals surface area contributed by atoms with Crippen molar-refractivity contribution in [2.45, 2.75) is 6.92 Å². The van der Waals surface area contributed by atoms with E-state index in [1.54, 1.807) is 0 Å². The van der Waals surface area contributed by atoms with Crippen LogP contribution in [0.15, 0.2) is 28.8 Å². The number of hydrogen-bond acceptors (Lipinski definition) is 3. The fourth-order valence-corrected chi connectivity index (χ4v) is 1.28. The van der Waals surface area contributed by atoms with Crippen molar-refractivity contribution < 1.29 is 4.52 Å². The molecule has 0 aliphatic heterocycles. The van der Waals surface area contributed by atoms with E-state index in [1.807, 2.05) is 31.2 Å². The molecule has 4 heteroatoms. The maximum absolute atomic E-state index is 4.84. The highest BCUT2D eigenvalue weighted by Gasteiger charge is 2.01. The molecule has 1 aromatic heterocycles. The zero-order valence-corrected chi connectivity index (χ0v) is 7.89. The molecule has 2 rings (SSSR count). The SMILES string of the molecule is Cc1cccc(-c2nc(=S)o[nH]2)c1. The Morgan fingerprint density at radius 3 is 2.92 bits per heavy atom. The lowest BCUT2D eigenvalue weighted by Gasteiger charge is -1.95. The van der Waals surface area contributed by atoms with Crippen molar-refractivity contribution in [1.82, 2.24) is 10.1 Å². The normalized spacial score (nSPS) is 10.2. The predicted molar refractivity (Wildman–Crippen MR) is 51.9 cm³/mol. The third-order valence-electron chi connectivity index (χ3n) is 1.73. The van der Waals surface area contributed by atoms with Gasteiger partial charge < -0.3 is 4.52 Å². The second-order valence-corrected chi connectivity index (χ2v) is 3.15. The molecule has 0 unspecified atom stereocenters. The van der Waals surface area contributed by atoms with Crippen LogP contribution >= 0.6 is 12.2 Å². The van der Waals surface area contributed by atoms with E-state index in [-0.39, 0.29) is 4.84 Å². The number of hydrogen-bond donors (Lipinski definition) is 1. The van der Waals surface area contributed by atoms with Gasteiger partial charge in [-0.3, -0.25) is 0 Å². The van der Waals surface area contributed by atoms with Crippen LogP contribution in [0.5, 0.6) is 0 Å². The Labute approximate surface area is 80.4 Å². The van der Waals surface area contributed by atoms with Gasteiger partial charge in [0.1, 0.15) is 0 Å². The van der Waals surface area contributed by atoms with E-state index < -0.39 is 0 Å². The molecular formula is C9H8N2OS. The lowest BCUT2D eigenvalue weighted by molar-refractivity contribution is 0.406. The molecule has 1 N–H and O–H groups in total. The van der Waals surface area contributed by atoms with Gasteiger partial charge in [0, 0.05) is 5.56 Å². The molecule has 0 radical (unpaired) electrons. The second-order valence-electron chi connectivity index (χ2n) is 2.80. The standard InChI is InChI=1S/C9H8N2OS/c1-6-3-2-4-7(5-6)8-10-9(13)12-11-8/h2-5H,1H3,(H,10,11,13). The quantitative estimate of drug-likeness (QED) is 0.706. The van der Waals surface area contributed by atoms with E-state index in [0.29, 0.717) is 5.82 Å². The molecule has 0 saturated heterocycles. The summed E-state index contributed by atoms with van der Waals surface area (Å²) < 4.78 is 4.84. The Kier molecular flexibility index (Phi) is 1.98. The van der Waals surface area contributed by atoms with E-state index in [0.717, 1.165) is 5.56 Å². The molecule has 0 aliphatic carbocycles. The molecule has 0 saturated carbocycles. The van der Waals surface area contributed by atoms with E-state index >= 15 is 0 Å². The highest BCUT2D eigenvalue weighted by molar-refractivity contribution is 7.71. The molecule has 0 aliphatic rings. The number of aromatic amines is 1. The number of rotatable bonds is 1. The summed E-state index contributed by atoms with van der Waals surface area (Å²) in [6.07, 6.45) is 0. The number of aromatic nitrogens is 2. The van der Waals surface area contributed by atoms with Gasteiger partial charge in [-0.25, -0.2) is 5.16 Å². The fourth-order valence-electron chi connectivity index (χ4n) is 1.14. The average molecular weight is 192 g/mol. The van der Waals surface area contributed by atoms with Crippen LogP contribution in [0, 0.1) is 11.8 Å². The second kappa shape index (κ2) is 3.14. The Bertz CT molecular complexity index is 472. The number of nitrogens with one attached hydrogen (secondary N) is 1. The first-order chi connectivity index (χ1) is 6.25. The van der Waals surface area contributed by atoms with Gasteiger partial charge in [0.15, 0.2) is 5.82 Å². The summed E-state index contributed by atoms with van der Waals surface area (Å²) in [4.78, 5) is 4.25. The zero-order chi connectivity index (χ0) is 9.26. The minimum absolute atomic E-state index is 0.233. The minimum atomic E-state index is 0.233. The third kappa shape index (κ3) is 1.67. The molecule has 1 heterocycles. The van der Waals surface area contributed by atoms with Crippen LogP contribution in [-0.2, 0) is 0 Å². The van der Waals surface area contributed by atoms with Crippen LogP contribution in [0.25, 0.3) is 11.4 Å². The fraction of sp³-hybridized carbons (Fsp3) is 0.111.